The minimum Gasteiger partial charge on any atom is -0.495 e. The lowest BCUT2D eigenvalue weighted by Gasteiger charge is -2.14. The van der Waals surface area contributed by atoms with Gasteiger partial charge in [0.1, 0.15) is 11.6 Å². The van der Waals surface area contributed by atoms with Crippen molar-refractivity contribution in [3.63, 3.8) is 0 Å². The SMILES string of the molecule is COc1c(-c2cn[nH]c2N)cc(C)c(C)c1Br. The van der Waals surface area contributed by atoms with Gasteiger partial charge < -0.3 is 10.5 Å². The topological polar surface area (TPSA) is 63.9 Å². The van der Waals surface area contributed by atoms with Crippen LogP contribution in [0.2, 0.25) is 0 Å². The van der Waals surface area contributed by atoms with E-state index in [1.54, 1.807) is 13.3 Å². The van der Waals surface area contributed by atoms with Crippen molar-refractivity contribution in [3.05, 3.63) is 27.9 Å². The molecule has 90 valence electrons. The number of nitrogens with two attached hydrogens (primary N) is 1. The van der Waals surface area contributed by atoms with Crippen LogP contribution < -0.4 is 10.5 Å². The first-order valence-corrected chi connectivity index (χ1v) is 5.98. The van der Waals surface area contributed by atoms with Crippen molar-refractivity contribution < 1.29 is 4.74 Å². The molecule has 0 saturated heterocycles. The van der Waals surface area contributed by atoms with Gasteiger partial charge in [-0.15, -0.1) is 0 Å². The number of aromatic amines is 1. The number of hydrogen-bond donors (Lipinski definition) is 2. The molecule has 0 atom stereocenters. The summed E-state index contributed by atoms with van der Waals surface area (Å²) < 4.78 is 6.40. The average molecular weight is 296 g/mol. The summed E-state index contributed by atoms with van der Waals surface area (Å²) in [6.45, 7) is 4.10. The van der Waals surface area contributed by atoms with E-state index in [0.29, 0.717) is 5.82 Å². The Morgan fingerprint density at radius 2 is 2.06 bits per heavy atom. The third-order valence-electron chi connectivity index (χ3n) is 2.89. The van der Waals surface area contributed by atoms with E-state index >= 15 is 0 Å². The number of anilines is 1. The second-order valence-corrected chi connectivity index (χ2v) is 4.70. The predicted molar refractivity (Wildman–Crippen MR) is 72.2 cm³/mol. The predicted octanol–water partition coefficient (Wildman–Crippen LogP) is 3.05. The van der Waals surface area contributed by atoms with Gasteiger partial charge in [-0.1, -0.05) is 0 Å². The van der Waals surface area contributed by atoms with E-state index in [9.17, 15) is 0 Å². The van der Waals surface area contributed by atoms with Gasteiger partial charge in [0.25, 0.3) is 0 Å². The lowest BCUT2D eigenvalue weighted by molar-refractivity contribution is 0.413. The number of halogens is 1. The van der Waals surface area contributed by atoms with Crippen LogP contribution in [0.4, 0.5) is 5.82 Å². The number of nitrogen functional groups attached to an aromatic ring is 1. The van der Waals surface area contributed by atoms with Crippen molar-refractivity contribution in [3.8, 4) is 16.9 Å². The van der Waals surface area contributed by atoms with Crippen LogP contribution in [0.3, 0.4) is 0 Å². The lowest BCUT2D eigenvalue weighted by Crippen LogP contribution is -1.95. The maximum atomic E-state index is 5.85. The van der Waals surface area contributed by atoms with Gasteiger partial charge in [-0.25, -0.2) is 0 Å². The minimum atomic E-state index is 0.540. The third-order valence-corrected chi connectivity index (χ3v) is 3.84. The zero-order valence-corrected chi connectivity index (χ0v) is 11.6. The molecule has 3 N–H and O–H groups in total. The van der Waals surface area contributed by atoms with E-state index in [-0.39, 0.29) is 0 Å². The van der Waals surface area contributed by atoms with Crippen LogP contribution in [-0.2, 0) is 0 Å². The highest BCUT2D eigenvalue weighted by Gasteiger charge is 2.16. The molecule has 4 nitrogen and oxygen atoms in total. The van der Waals surface area contributed by atoms with E-state index in [0.717, 1.165) is 26.9 Å². The smallest absolute Gasteiger partial charge is 0.141 e. The Balaban J connectivity index is 2.74. The van der Waals surface area contributed by atoms with Crippen molar-refractivity contribution in [2.45, 2.75) is 13.8 Å². The van der Waals surface area contributed by atoms with Crippen LogP contribution >= 0.6 is 15.9 Å². The number of H-pyrrole nitrogens is 1. The molecule has 0 aliphatic carbocycles. The molecule has 1 aromatic heterocycles. The van der Waals surface area contributed by atoms with Crippen molar-refractivity contribution in [2.24, 2.45) is 0 Å². The van der Waals surface area contributed by atoms with Crippen LogP contribution in [0.25, 0.3) is 11.1 Å². The summed E-state index contributed by atoms with van der Waals surface area (Å²) in [5, 5.41) is 6.66. The van der Waals surface area contributed by atoms with E-state index < -0.39 is 0 Å². The molecule has 1 aromatic carbocycles. The first kappa shape index (κ1) is 12.0. The van der Waals surface area contributed by atoms with E-state index in [2.05, 4.69) is 39.1 Å². The van der Waals surface area contributed by atoms with Crippen molar-refractivity contribution in [2.75, 3.05) is 12.8 Å². The van der Waals surface area contributed by atoms with Crippen LogP contribution in [-0.4, -0.2) is 17.3 Å². The highest BCUT2D eigenvalue weighted by Crippen LogP contribution is 2.41. The van der Waals surface area contributed by atoms with E-state index in [1.165, 1.54) is 5.56 Å². The molecular formula is C12H14BrN3O. The summed E-state index contributed by atoms with van der Waals surface area (Å²) in [4.78, 5) is 0. The highest BCUT2D eigenvalue weighted by molar-refractivity contribution is 9.10. The molecule has 2 aromatic rings. The van der Waals surface area contributed by atoms with Crippen molar-refractivity contribution in [1.82, 2.24) is 10.2 Å². The molecule has 2 rings (SSSR count). The molecule has 17 heavy (non-hydrogen) atoms. The fraction of sp³-hybridized carbons (Fsp3) is 0.250. The highest BCUT2D eigenvalue weighted by atomic mass is 79.9. The Morgan fingerprint density at radius 1 is 1.35 bits per heavy atom. The Hall–Kier alpha value is -1.49. The van der Waals surface area contributed by atoms with Crippen LogP contribution in [0.5, 0.6) is 5.75 Å². The summed E-state index contributed by atoms with van der Waals surface area (Å²) in [6, 6.07) is 2.06. The number of aryl methyl sites for hydroxylation is 1. The van der Waals surface area contributed by atoms with Gasteiger partial charge in [0.2, 0.25) is 0 Å². The molecule has 0 unspecified atom stereocenters. The summed E-state index contributed by atoms with van der Waals surface area (Å²) >= 11 is 3.56. The van der Waals surface area contributed by atoms with Crippen molar-refractivity contribution >= 4 is 21.7 Å². The molecule has 1 heterocycles. The number of aromatic nitrogens is 2. The fourth-order valence-electron chi connectivity index (χ4n) is 1.76. The molecule has 0 saturated carbocycles. The van der Waals surface area contributed by atoms with Crippen LogP contribution in [0.1, 0.15) is 11.1 Å². The van der Waals surface area contributed by atoms with Gasteiger partial charge in [-0.05, 0) is 47.0 Å². The molecule has 5 heteroatoms. The molecule has 0 aliphatic rings. The van der Waals surface area contributed by atoms with Gasteiger partial charge >= 0.3 is 0 Å². The first-order valence-electron chi connectivity index (χ1n) is 5.19. The Kier molecular flexibility index (Phi) is 3.11. The lowest BCUT2D eigenvalue weighted by atomic mass is 10.0. The summed E-state index contributed by atoms with van der Waals surface area (Å²) in [7, 11) is 1.65. The molecule has 0 radical (unpaired) electrons. The number of ether oxygens (including phenoxy) is 1. The molecule has 0 amide bonds. The molecule has 0 spiro atoms. The van der Waals surface area contributed by atoms with Gasteiger partial charge in [-0.2, -0.15) is 5.10 Å². The fourth-order valence-corrected chi connectivity index (χ4v) is 2.45. The Morgan fingerprint density at radius 3 is 2.59 bits per heavy atom. The van der Waals surface area contributed by atoms with Gasteiger partial charge in [0.05, 0.1) is 17.8 Å². The zero-order valence-electron chi connectivity index (χ0n) is 9.97. The minimum absolute atomic E-state index is 0.540. The normalized spacial score (nSPS) is 10.6. The standard InChI is InChI=1S/C12H14BrN3O/c1-6-4-8(9-5-15-16-12(9)14)11(17-3)10(13)7(6)2/h4-5H,1-3H3,(H3,14,15,16). The van der Waals surface area contributed by atoms with Crippen LogP contribution in [0, 0.1) is 13.8 Å². The molecular weight excluding hydrogens is 282 g/mol. The third kappa shape index (κ3) is 1.91. The van der Waals surface area contributed by atoms with Gasteiger partial charge in [0, 0.05) is 11.1 Å². The quantitative estimate of drug-likeness (QED) is 0.895. The number of nitrogens with zero attached hydrogens (tertiary/aromatic N) is 1. The largest absolute Gasteiger partial charge is 0.495 e. The van der Waals surface area contributed by atoms with Crippen LogP contribution in [0.15, 0.2) is 16.7 Å². The molecule has 0 aliphatic heterocycles. The van der Waals surface area contributed by atoms with Gasteiger partial charge in [0.15, 0.2) is 0 Å². The monoisotopic (exact) mass is 295 g/mol. The number of methoxy groups -OCH3 is 1. The maximum absolute atomic E-state index is 5.85. The number of benzene rings is 1. The first-order chi connectivity index (χ1) is 8.06. The van der Waals surface area contributed by atoms with Crippen molar-refractivity contribution in [1.29, 1.82) is 0 Å². The molecule has 0 bridgehead atoms. The van der Waals surface area contributed by atoms with E-state index in [1.807, 2.05) is 6.92 Å². The van der Waals surface area contributed by atoms with E-state index in [4.69, 9.17) is 10.5 Å². The summed E-state index contributed by atoms with van der Waals surface area (Å²) in [6.07, 6.45) is 1.70. The second kappa shape index (κ2) is 4.41. The number of rotatable bonds is 2. The second-order valence-electron chi connectivity index (χ2n) is 3.91. The zero-order chi connectivity index (χ0) is 12.6. The van der Waals surface area contributed by atoms with Gasteiger partial charge in [-0.3, -0.25) is 5.10 Å². The summed E-state index contributed by atoms with van der Waals surface area (Å²) in [5.74, 6) is 1.32. The Labute approximate surface area is 108 Å². The maximum Gasteiger partial charge on any atom is 0.141 e. The average Bonchev–Trinajstić information content (AvgIpc) is 2.72. The Bertz CT molecular complexity index is 563. The number of nitrogens with one attached hydrogen (secondary N) is 1. The molecule has 0 fully saturated rings. The summed E-state index contributed by atoms with van der Waals surface area (Å²) in [5.41, 5.74) is 9.97. The number of hydrogen-bond acceptors (Lipinski definition) is 3.